The lowest BCUT2D eigenvalue weighted by Gasteiger charge is -2.03. The maximum atomic E-state index is 11.4. The second-order valence-corrected chi connectivity index (χ2v) is 5.49. The number of carbonyl (C=O) groups is 1. The molecule has 0 unspecified atom stereocenters. The van der Waals surface area contributed by atoms with E-state index in [1.807, 2.05) is 0 Å². The molecule has 0 saturated heterocycles. The summed E-state index contributed by atoms with van der Waals surface area (Å²) in [6.45, 7) is 9.37. The molecule has 0 aliphatic rings. The van der Waals surface area contributed by atoms with E-state index < -0.39 is 0 Å². The van der Waals surface area contributed by atoms with Crippen LogP contribution in [0.3, 0.4) is 0 Å². The lowest BCUT2D eigenvalue weighted by molar-refractivity contribution is -0.120. The van der Waals surface area contributed by atoms with Crippen molar-refractivity contribution in [2.24, 2.45) is 11.8 Å². The molecule has 0 aromatic carbocycles. The molecule has 0 heterocycles. The minimum absolute atomic E-state index is 0.323. The van der Waals surface area contributed by atoms with Crippen LogP contribution in [0, 0.1) is 35.5 Å². The molecule has 0 spiro atoms. The summed E-state index contributed by atoms with van der Waals surface area (Å²) in [5, 5.41) is 0. The number of ketones is 1. The van der Waals surface area contributed by atoms with Crippen molar-refractivity contribution in [2.75, 3.05) is 13.2 Å². The SMILES string of the molecule is CC(C)CC#CC#CCOCCCC(=O)CC(C)C. The lowest BCUT2D eigenvalue weighted by Crippen LogP contribution is -2.04. The van der Waals surface area contributed by atoms with Gasteiger partial charge in [-0.2, -0.15) is 0 Å². The second kappa shape index (κ2) is 11.8. The molecule has 0 atom stereocenters. The summed E-state index contributed by atoms with van der Waals surface area (Å²) in [6.07, 6.45) is 2.95. The third kappa shape index (κ3) is 14.7. The highest BCUT2D eigenvalue weighted by Crippen LogP contribution is 2.04. The van der Waals surface area contributed by atoms with Gasteiger partial charge in [-0.25, -0.2) is 0 Å². The van der Waals surface area contributed by atoms with Crippen molar-refractivity contribution >= 4 is 5.78 Å². The van der Waals surface area contributed by atoms with Crippen LogP contribution in [-0.4, -0.2) is 19.0 Å². The smallest absolute Gasteiger partial charge is 0.133 e. The highest BCUT2D eigenvalue weighted by molar-refractivity contribution is 5.78. The molecule has 0 fully saturated rings. The molecular formula is C17H26O2. The predicted octanol–water partition coefficient (Wildman–Crippen LogP) is 3.45. The molecule has 0 saturated carbocycles. The third-order valence-electron chi connectivity index (χ3n) is 2.30. The molecule has 0 amide bonds. The molecule has 0 aliphatic heterocycles. The predicted molar refractivity (Wildman–Crippen MR) is 79.5 cm³/mol. The number of hydrogen-bond donors (Lipinski definition) is 0. The Morgan fingerprint density at radius 2 is 1.74 bits per heavy atom. The van der Waals surface area contributed by atoms with E-state index in [0.29, 0.717) is 43.7 Å². The highest BCUT2D eigenvalue weighted by atomic mass is 16.5. The minimum Gasteiger partial charge on any atom is -0.369 e. The van der Waals surface area contributed by atoms with Gasteiger partial charge < -0.3 is 4.74 Å². The number of Topliss-reactive ketones (excluding diaryl/α,β-unsaturated/α-hetero) is 1. The quantitative estimate of drug-likeness (QED) is 0.495. The molecular weight excluding hydrogens is 236 g/mol. The van der Waals surface area contributed by atoms with E-state index in [2.05, 4.69) is 51.4 Å². The van der Waals surface area contributed by atoms with Crippen LogP contribution in [0.5, 0.6) is 0 Å². The van der Waals surface area contributed by atoms with Gasteiger partial charge in [-0.15, -0.1) is 0 Å². The molecule has 0 bridgehead atoms. The summed E-state index contributed by atoms with van der Waals surface area (Å²) in [4.78, 5) is 11.4. The fourth-order valence-corrected chi connectivity index (χ4v) is 1.43. The monoisotopic (exact) mass is 262 g/mol. The summed E-state index contributed by atoms with van der Waals surface area (Å²) in [5.41, 5.74) is 0. The number of rotatable bonds is 8. The van der Waals surface area contributed by atoms with Gasteiger partial charge in [-0.05, 0) is 30.1 Å². The van der Waals surface area contributed by atoms with Crippen LogP contribution in [0.2, 0.25) is 0 Å². The van der Waals surface area contributed by atoms with Gasteiger partial charge in [0.05, 0.1) is 0 Å². The Labute approximate surface area is 118 Å². The first-order valence-electron chi connectivity index (χ1n) is 7.07. The van der Waals surface area contributed by atoms with E-state index in [0.717, 1.165) is 12.8 Å². The summed E-state index contributed by atoms with van der Waals surface area (Å²) in [7, 11) is 0. The van der Waals surface area contributed by atoms with Crippen LogP contribution in [0.1, 0.15) is 53.4 Å². The zero-order valence-corrected chi connectivity index (χ0v) is 12.7. The van der Waals surface area contributed by atoms with Crippen LogP contribution < -0.4 is 0 Å². The molecule has 0 radical (unpaired) electrons. The van der Waals surface area contributed by atoms with E-state index in [1.165, 1.54) is 0 Å². The standard InChI is InChI=1S/C17H26O2/c1-15(2)10-7-5-6-8-12-19-13-9-11-17(18)14-16(3)4/h15-16H,9-14H2,1-4H3. The average molecular weight is 262 g/mol. The molecule has 2 nitrogen and oxygen atoms in total. The zero-order valence-electron chi connectivity index (χ0n) is 12.7. The summed E-state index contributed by atoms with van der Waals surface area (Å²) in [6, 6.07) is 0. The molecule has 0 aliphatic carbocycles. The van der Waals surface area contributed by atoms with Crippen molar-refractivity contribution in [1.82, 2.24) is 0 Å². The lowest BCUT2D eigenvalue weighted by atomic mass is 10.0. The Bertz CT molecular complexity index is 358. The summed E-state index contributed by atoms with van der Waals surface area (Å²) in [5.74, 6) is 12.8. The van der Waals surface area contributed by atoms with Gasteiger partial charge >= 0.3 is 0 Å². The van der Waals surface area contributed by atoms with Crippen LogP contribution in [0.15, 0.2) is 0 Å². The normalized spacial score (nSPS) is 9.79. The van der Waals surface area contributed by atoms with Gasteiger partial charge in [0.15, 0.2) is 0 Å². The average Bonchev–Trinajstić information content (AvgIpc) is 2.30. The largest absolute Gasteiger partial charge is 0.369 e. The molecule has 2 heteroatoms. The first-order valence-corrected chi connectivity index (χ1v) is 7.07. The Kier molecular flexibility index (Phi) is 11.0. The van der Waals surface area contributed by atoms with E-state index >= 15 is 0 Å². The van der Waals surface area contributed by atoms with Crippen LogP contribution in [0.25, 0.3) is 0 Å². The first-order chi connectivity index (χ1) is 9.02. The Morgan fingerprint density at radius 3 is 2.37 bits per heavy atom. The minimum atomic E-state index is 0.323. The van der Waals surface area contributed by atoms with Crippen LogP contribution in [-0.2, 0) is 9.53 Å². The number of hydrogen-bond acceptors (Lipinski definition) is 2. The Morgan fingerprint density at radius 1 is 1.05 bits per heavy atom. The molecule has 106 valence electrons. The van der Waals surface area contributed by atoms with Gasteiger partial charge in [-0.1, -0.05) is 39.5 Å². The van der Waals surface area contributed by atoms with Crippen molar-refractivity contribution in [1.29, 1.82) is 0 Å². The Balaban J connectivity index is 3.47. The fourth-order valence-electron chi connectivity index (χ4n) is 1.43. The highest BCUT2D eigenvalue weighted by Gasteiger charge is 2.04. The van der Waals surface area contributed by atoms with E-state index in [1.54, 1.807) is 0 Å². The van der Waals surface area contributed by atoms with Crippen LogP contribution >= 0.6 is 0 Å². The van der Waals surface area contributed by atoms with Crippen molar-refractivity contribution < 1.29 is 9.53 Å². The van der Waals surface area contributed by atoms with Gasteiger partial charge in [0, 0.05) is 25.9 Å². The van der Waals surface area contributed by atoms with Crippen LogP contribution in [0.4, 0.5) is 0 Å². The van der Waals surface area contributed by atoms with Gasteiger partial charge in [-0.3, -0.25) is 4.79 Å². The van der Waals surface area contributed by atoms with E-state index in [9.17, 15) is 4.79 Å². The number of carbonyl (C=O) groups excluding carboxylic acids is 1. The van der Waals surface area contributed by atoms with Gasteiger partial charge in [0.25, 0.3) is 0 Å². The topological polar surface area (TPSA) is 26.3 Å². The fraction of sp³-hybridized carbons (Fsp3) is 0.706. The molecule has 0 rings (SSSR count). The first kappa shape index (κ1) is 17.8. The molecule has 0 aromatic rings. The third-order valence-corrected chi connectivity index (χ3v) is 2.30. The van der Waals surface area contributed by atoms with E-state index in [4.69, 9.17) is 4.74 Å². The van der Waals surface area contributed by atoms with Crippen molar-refractivity contribution in [3.8, 4) is 23.7 Å². The Hall–Kier alpha value is -1.25. The van der Waals surface area contributed by atoms with Crippen molar-refractivity contribution in [3.05, 3.63) is 0 Å². The second-order valence-electron chi connectivity index (χ2n) is 5.49. The zero-order chi connectivity index (χ0) is 14.5. The maximum absolute atomic E-state index is 11.4. The van der Waals surface area contributed by atoms with E-state index in [-0.39, 0.29) is 0 Å². The van der Waals surface area contributed by atoms with Crippen molar-refractivity contribution in [3.63, 3.8) is 0 Å². The van der Waals surface area contributed by atoms with Gasteiger partial charge in [0.2, 0.25) is 0 Å². The van der Waals surface area contributed by atoms with Crippen molar-refractivity contribution in [2.45, 2.75) is 53.4 Å². The maximum Gasteiger partial charge on any atom is 0.133 e. The molecule has 0 N–H and O–H groups in total. The summed E-state index contributed by atoms with van der Waals surface area (Å²) < 4.78 is 5.32. The van der Waals surface area contributed by atoms with Gasteiger partial charge in [0.1, 0.15) is 12.4 Å². The number of ether oxygens (including phenoxy) is 1. The molecule has 0 aromatic heterocycles. The summed E-state index contributed by atoms with van der Waals surface area (Å²) >= 11 is 0. The molecule has 19 heavy (non-hydrogen) atoms.